The molecule has 3 amide bonds. The summed E-state index contributed by atoms with van der Waals surface area (Å²) in [6, 6.07) is 8.11. The molecule has 2 aromatic rings. The lowest BCUT2D eigenvalue weighted by molar-refractivity contribution is -0.133. The van der Waals surface area contributed by atoms with E-state index in [0.29, 0.717) is 31.0 Å². The van der Waals surface area contributed by atoms with E-state index in [-0.39, 0.29) is 51.5 Å². The minimum absolute atomic E-state index is 0.0352. The van der Waals surface area contributed by atoms with Gasteiger partial charge in [0.15, 0.2) is 0 Å². The molecule has 2 fully saturated rings. The molecule has 0 aromatic heterocycles. The zero-order valence-electron chi connectivity index (χ0n) is 24.0. The molecular formula is C31H39Cl3N4O3. The summed E-state index contributed by atoms with van der Waals surface area (Å²) in [6.07, 6.45) is 4.88. The summed E-state index contributed by atoms with van der Waals surface area (Å²) >= 11 is 18.5. The van der Waals surface area contributed by atoms with Gasteiger partial charge in [0.2, 0.25) is 5.91 Å². The number of hydrogen-bond acceptors (Lipinski definition) is 5. The molecule has 2 atom stereocenters. The Labute approximate surface area is 258 Å². The number of carbonyl (C=O) groups is 3. The van der Waals surface area contributed by atoms with Crippen LogP contribution in [0.1, 0.15) is 77.8 Å². The van der Waals surface area contributed by atoms with Gasteiger partial charge in [-0.15, -0.1) is 0 Å². The summed E-state index contributed by atoms with van der Waals surface area (Å²) in [4.78, 5) is 45.6. The highest BCUT2D eigenvalue weighted by Crippen LogP contribution is 2.32. The molecule has 2 unspecified atom stereocenters. The summed E-state index contributed by atoms with van der Waals surface area (Å²) in [7, 11) is 0. The van der Waals surface area contributed by atoms with Crippen molar-refractivity contribution in [3.8, 4) is 0 Å². The van der Waals surface area contributed by atoms with E-state index in [0.717, 1.165) is 30.8 Å². The number of nitrogens with zero attached hydrogens (tertiary/aromatic N) is 3. The summed E-state index contributed by atoms with van der Waals surface area (Å²) in [5.74, 6) is -0.739. The monoisotopic (exact) mass is 620 g/mol. The zero-order chi connectivity index (χ0) is 29.7. The third-order valence-electron chi connectivity index (χ3n) is 7.87. The van der Waals surface area contributed by atoms with Crippen molar-refractivity contribution in [2.45, 2.75) is 71.5 Å². The lowest BCUT2D eigenvalue weighted by Gasteiger charge is -2.30. The second kappa shape index (κ2) is 14.3. The largest absolute Gasteiger partial charge is 0.337 e. The van der Waals surface area contributed by atoms with Crippen LogP contribution in [0.3, 0.4) is 0 Å². The lowest BCUT2D eigenvalue weighted by Crippen LogP contribution is -2.50. The minimum atomic E-state index is -0.418. The second-order valence-corrected chi connectivity index (χ2v) is 12.1. The molecule has 5 rings (SSSR count). The van der Waals surface area contributed by atoms with Crippen LogP contribution in [0.5, 0.6) is 0 Å². The number of hydrogen-bond donors (Lipinski definition) is 1. The van der Waals surface area contributed by atoms with Crippen molar-refractivity contribution in [1.82, 2.24) is 20.0 Å². The number of aryl methyl sites for hydroxylation is 1. The van der Waals surface area contributed by atoms with Crippen LogP contribution in [0.4, 0.5) is 0 Å². The van der Waals surface area contributed by atoms with Crippen LogP contribution < -0.4 is 5.32 Å². The van der Waals surface area contributed by atoms with Gasteiger partial charge < -0.3 is 15.1 Å². The Morgan fingerprint density at radius 3 is 2.10 bits per heavy atom. The summed E-state index contributed by atoms with van der Waals surface area (Å²) < 4.78 is 0. The summed E-state index contributed by atoms with van der Waals surface area (Å²) in [5, 5.41) is 4.64. The third kappa shape index (κ3) is 7.63. The van der Waals surface area contributed by atoms with E-state index in [1.54, 1.807) is 0 Å². The quantitative estimate of drug-likeness (QED) is 0.372. The first-order valence-corrected chi connectivity index (χ1v) is 15.7. The van der Waals surface area contributed by atoms with Crippen molar-refractivity contribution < 1.29 is 14.4 Å². The van der Waals surface area contributed by atoms with Gasteiger partial charge in [0.05, 0.1) is 27.2 Å². The number of rotatable bonds is 7. The second-order valence-electron chi connectivity index (χ2n) is 10.8. The van der Waals surface area contributed by atoms with Crippen LogP contribution in [-0.2, 0) is 11.3 Å². The van der Waals surface area contributed by atoms with Crippen LogP contribution in [0.2, 0.25) is 15.1 Å². The Morgan fingerprint density at radius 1 is 0.854 bits per heavy atom. The van der Waals surface area contributed by atoms with Crippen molar-refractivity contribution in [3.63, 3.8) is 0 Å². The van der Waals surface area contributed by atoms with Gasteiger partial charge in [0.25, 0.3) is 11.8 Å². The van der Waals surface area contributed by atoms with Crippen molar-refractivity contribution in [1.29, 1.82) is 0 Å². The van der Waals surface area contributed by atoms with Crippen molar-refractivity contribution in [2.24, 2.45) is 0 Å². The SMILES string of the molecule is CC.Cc1cc(Cl)cc(CN2CCC(CN3C(=O)c4cc(Cl)c(Cl)cc4C3=O)NC(CCN3CCCCC3)C2=O)c1. The van der Waals surface area contributed by atoms with E-state index in [4.69, 9.17) is 34.8 Å². The van der Waals surface area contributed by atoms with E-state index >= 15 is 0 Å². The molecule has 222 valence electrons. The zero-order valence-corrected chi connectivity index (χ0v) is 26.3. The van der Waals surface area contributed by atoms with E-state index < -0.39 is 6.04 Å². The maximum Gasteiger partial charge on any atom is 0.261 e. The number of amides is 3. The van der Waals surface area contributed by atoms with Crippen LogP contribution in [0.25, 0.3) is 0 Å². The fraction of sp³-hybridized carbons (Fsp3) is 0.516. The number of likely N-dealkylation sites (tertiary alicyclic amines) is 1. The van der Waals surface area contributed by atoms with E-state index in [9.17, 15) is 14.4 Å². The van der Waals surface area contributed by atoms with Crippen molar-refractivity contribution in [3.05, 3.63) is 67.7 Å². The lowest BCUT2D eigenvalue weighted by atomic mass is 10.1. The first-order valence-electron chi connectivity index (χ1n) is 14.6. The molecule has 2 saturated heterocycles. The highest BCUT2D eigenvalue weighted by Gasteiger charge is 2.39. The molecular weight excluding hydrogens is 583 g/mol. The first kappa shape index (κ1) is 31.8. The highest BCUT2D eigenvalue weighted by molar-refractivity contribution is 6.43. The smallest absolute Gasteiger partial charge is 0.261 e. The molecule has 0 spiro atoms. The minimum Gasteiger partial charge on any atom is -0.337 e. The Bertz CT molecular complexity index is 1220. The fourth-order valence-electron chi connectivity index (χ4n) is 5.88. The van der Waals surface area contributed by atoms with Gasteiger partial charge in [-0.25, -0.2) is 0 Å². The van der Waals surface area contributed by atoms with E-state index in [1.807, 2.05) is 43.9 Å². The standard InChI is InChI=1S/C29H33Cl3N4O3.C2H6/c1-18-11-19(13-20(30)12-18)16-35-10-5-21(33-26(29(35)39)6-9-34-7-3-2-4-8-34)17-36-27(37)22-14-24(31)25(32)15-23(22)28(36)38;1-2/h11-15,21,26,33H,2-10,16-17H2,1H3;1-2H3. The van der Waals surface area contributed by atoms with Crippen LogP contribution in [-0.4, -0.2) is 77.2 Å². The molecule has 41 heavy (non-hydrogen) atoms. The molecule has 2 aromatic carbocycles. The van der Waals surface area contributed by atoms with Crippen molar-refractivity contribution in [2.75, 3.05) is 32.7 Å². The van der Waals surface area contributed by atoms with E-state index in [2.05, 4.69) is 10.2 Å². The predicted octanol–water partition coefficient (Wildman–Crippen LogP) is 6.21. The highest BCUT2D eigenvalue weighted by atomic mass is 35.5. The first-order chi connectivity index (χ1) is 19.7. The van der Waals surface area contributed by atoms with Gasteiger partial charge in [-0.05, 0) is 81.1 Å². The Kier molecular flexibility index (Phi) is 11.1. The maximum absolute atomic E-state index is 13.8. The molecule has 0 bridgehead atoms. The average Bonchev–Trinajstić information content (AvgIpc) is 3.07. The van der Waals surface area contributed by atoms with Gasteiger partial charge in [-0.2, -0.15) is 0 Å². The molecule has 1 N–H and O–H groups in total. The molecule has 10 heteroatoms. The Morgan fingerprint density at radius 2 is 1.49 bits per heavy atom. The van der Waals surface area contributed by atoms with E-state index in [1.165, 1.54) is 36.3 Å². The summed E-state index contributed by atoms with van der Waals surface area (Å²) in [6.45, 7) is 10.0. The van der Waals surface area contributed by atoms with Gasteiger partial charge >= 0.3 is 0 Å². The van der Waals surface area contributed by atoms with Crippen LogP contribution in [0, 0.1) is 6.92 Å². The Hall–Kier alpha value is -2.16. The number of carbonyl (C=O) groups excluding carboxylic acids is 3. The predicted molar refractivity (Wildman–Crippen MR) is 165 cm³/mol. The average molecular weight is 622 g/mol. The number of benzene rings is 2. The fourth-order valence-corrected chi connectivity index (χ4v) is 6.52. The van der Waals surface area contributed by atoms with Gasteiger partial charge in [0.1, 0.15) is 0 Å². The maximum atomic E-state index is 13.8. The third-order valence-corrected chi connectivity index (χ3v) is 8.81. The molecule has 3 heterocycles. The summed E-state index contributed by atoms with van der Waals surface area (Å²) in [5.41, 5.74) is 2.55. The normalized spacial score (nSPS) is 21.5. The van der Waals surface area contributed by atoms with Gasteiger partial charge in [-0.3, -0.25) is 19.3 Å². The van der Waals surface area contributed by atoms with Gasteiger partial charge in [-0.1, -0.05) is 61.1 Å². The molecule has 0 radical (unpaired) electrons. The van der Waals surface area contributed by atoms with Crippen LogP contribution in [0.15, 0.2) is 30.3 Å². The molecule has 3 aliphatic rings. The molecule has 7 nitrogen and oxygen atoms in total. The molecule has 3 aliphatic heterocycles. The number of halogens is 3. The number of nitrogens with one attached hydrogen (secondary N) is 1. The molecule has 0 saturated carbocycles. The number of fused-ring (bicyclic) bond motifs is 1. The van der Waals surface area contributed by atoms with Crippen LogP contribution >= 0.6 is 34.8 Å². The Balaban J connectivity index is 0.00000189. The topological polar surface area (TPSA) is 73.0 Å². The van der Waals surface area contributed by atoms with Gasteiger partial charge in [0, 0.05) is 37.2 Å². The number of piperidine rings is 1. The molecule has 0 aliphatic carbocycles. The number of imide groups is 1. The van der Waals surface area contributed by atoms with Crippen molar-refractivity contribution >= 4 is 52.5 Å².